The minimum atomic E-state index is -1.57. The zero-order chi connectivity index (χ0) is 26.5. The third-order valence-corrected chi connectivity index (χ3v) is 53.1. The van der Waals surface area contributed by atoms with E-state index in [1.54, 1.807) is 18.9 Å². The van der Waals surface area contributed by atoms with Crippen LogP contribution in [0.5, 0.6) is 0 Å². The van der Waals surface area contributed by atoms with E-state index in [0.29, 0.717) is 0 Å². The van der Waals surface area contributed by atoms with Crippen LogP contribution in [0.25, 0.3) is 9.81 Å². The Morgan fingerprint density at radius 1 is 0.417 bits per heavy atom. The Morgan fingerprint density at radius 2 is 0.722 bits per heavy atom. The smallest absolute Gasteiger partial charge is 0.0836 e. The standard InChI is InChI=1S/C28H40S4Si4/c1-33(2,3)35(7,8)27-23(21-17-13-11-14-18-21)29-25(31-27)26-30-24(22-19-15-12-16-20-22)28(32-26)36(9,10)34(4,5)6/h11-20H,1-10H3/b26-25-. The second kappa shape index (κ2) is 10.5. The molecule has 0 atom stereocenters. The van der Waals surface area contributed by atoms with Crippen molar-refractivity contribution in [2.75, 3.05) is 0 Å². The average Bonchev–Trinajstić information content (AvgIpc) is 3.44. The molecule has 0 N–H and O–H groups in total. The molecule has 0 aliphatic carbocycles. The van der Waals surface area contributed by atoms with Crippen molar-refractivity contribution in [3.8, 4) is 0 Å². The van der Waals surface area contributed by atoms with E-state index in [9.17, 15) is 0 Å². The molecule has 2 heterocycles. The summed E-state index contributed by atoms with van der Waals surface area (Å²) in [5, 5.41) is 0. The van der Waals surface area contributed by atoms with Crippen LogP contribution in [0.15, 0.2) is 78.2 Å². The summed E-state index contributed by atoms with van der Waals surface area (Å²) in [5.74, 6) is 0. The summed E-state index contributed by atoms with van der Waals surface area (Å²) >= 11 is 8.41. The molecule has 0 saturated heterocycles. The van der Waals surface area contributed by atoms with Gasteiger partial charge in [0.25, 0.3) is 0 Å². The molecule has 4 rings (SSSR count). The van der Waals surface area contributed by atoms with Crippen LogP contribution in [-0.2, 0) is 0 Å². The second-order valence-corrected chi connectivity index (χ2v) is 51.1. The third-order valence-electron chi connectivity index (χ3n) is 8.32. The minimum absolute atomic E-state index is 1.32. The Hall–Kier alpha value is -0.0725. The predicted molar refractivity (Wildman–Crippen MR) is 186 cm³/mol. The van der Waals surface area contributed by atoms with Gasteiger partial charge in [0.1, 0.15) is 0 Å². The molecule has 0 saturated carbocycles. The lowest BCUT2D eigenvalue weighted by molar-refractivity contribution is 1.65. The van der Waals surface area contributed by atoms with Gasteiger partial charge < -0.3 is 0 Å². The van der Waals surface area contributed by atoms with Crippen molar-refractivity contribution in [2.45, 2.75) is 65.5 Å². The Morgan fingerprint density at radius 3 is 1.00 bits per heavy atom. The molecule has 0 aromatic heterocycles. The van der Waals surface area contributed by atoms with E-state index in [1.165, 1.54) is 19.6 Å². The first-order chi connectivity index (χ1) is 16.6. The molecule has 2 aliphatic heterocycles. The van der Waals surface area contributed by atoms with Crippen LogP contribution in [0.2, 0.25) is 65.5 Å². The zero-order valence-electron chi connectivity index (χ0n) is 23.4. The summed E-state index contributed by atoms with van der Waals surface area (Å²) in [7, 11) is -5.76. The van der Waals surface area contributed by atoms with Crippen molar-refractivity contribution in [3.63, 3.8) is 0 Å². The zero-order valence-corrected chi connectivity index (χ0v) is 30.7. The Labute approximate surface area is 240 Å². The van der Waals surface area contributed by atoms with Gasteiger partial charge in [0.2, 0.25) is 0 Å². The topological polar surface area (TPSA) is 0 Å². The molecule has 36 heavy (non-hydrogen) atoms. The highest BCUT2D eigenvalue weighted by molar-refractivity contribution is 8.38. The van der Waals surface area contributed by atoms with Gasteiger partial charge in [0.05, 0.1) is 23.7 Å². The van der Waals surface area contributed by atoms with E-state index < -0.39 is 30.4 Å². The van der Waals surface area contributed by atoms with Gasteiger partial charge in [0.15, 0.2) is 0 Å². The van der Waals surface area contributed by atoms with Crippen LogP contribution >= 0.6 is 47.0 Å². The summed E-state index contributed by atoms with van der Waals surface area (Å²) in [6.45, 7) is 26.0. The molecule has 0 fully saturated rings. The first-order valence-electron chi connectivity index (χ1n) is 12.7. The van der Waals surface area contributed by atoms with Crippen molar-refractivity contribution in [3.05, 3.63) is 89.3 Å². The lowest BCUT2D eigenvalue weighted by atomic mass is 10.2. The molecule has 0 bridgehead atoms. The fourth-order valence-corrected chi connectivity index (χ4v) is 28.4. The monoisotopic (exact) mass is 616 g/mol. The molecule has 8 heteroatoms. The van der Waals surface area contributed by atoms with Gasteiger partial charge in [0, 0.05) is 25.0 Å². The Balaban J connectivity index is 1.81. The van der Waals surface area contributed by atoms with Gasteiger partial charge in [-0.1, -0.05) is 173 Å². The van der Waals surface area contributed by atoms with Crippen LogP contribution in [0, 0.1) is 0 Å². The summed E-state index contributed by atoms with van der Waals surface area (Å²) in [5.41, 5.74) is 2.81. The van der Waals surface area contributed by atoms with E-state index >= 15 is 0 Å². The Bertz CT molecular complexity index is 1130. The molecule has 0 nitrogen and oxygen atoms in total. The quantitative estimate of drug-likeness (QED) is 0.296. The van der Waals surface area contributed by atoms with E-state index in [2.05, 4.69) is 173 Å². The second-order valence-electron chi connectivity index (χ2n) is 12.8. The molecule has 2 aromatic rings. The number of hydrogen-bond acceptors (Lipinski definition) is 4. The van der Waals surface area contributed by atoms with Gasteiger partial charge in [-0.2, -0.15) is 0 Å². The molecule has 0 amide bonds. The predicted octanol–water partition coefficient (Wildman–Crippen LogP) is 11.1. The van der Waals surface area contributed by atoms with Crippen LogP contribution in [0.1, 0.15) is 11.1 Å². The SMILES string of the molecule is C[Si](C)(C)[Si](C)(C)C1=C(c2ccccc2)S/C(=C2\SC(c3ccccc3)=C([Si](C)(C)[Si](C)(C)C)S2)S1. The van der Waals surface area contributed by atoms with E-state index in [0.717, 1.165) is 0 Å². The highest BCUT2D eigenvalue weighted by atomic mass is 32.2. The first-order valence-corrected chi connectivity index (χ1v) is 31.0. The maximum Gasteiger partial charge on any atom is 0.0836 e. The number of hydrogen-bond donors (Lipinski definition) is 0. The average molecular weight is 617 g/mol. The highest BCUT2D eigenvalue weighted by Crippen LogP contribution is 2.66. The van der Waals surface area contributed by atoms with Gasteiger partial charge in [-0.15, -0.1) is 0 Å². The van der Waals surface area contributed by atoms with Crippen molar-refractivity contribution in [1.82, 2.24) is 0 Å². The molecule has 2 aliphatic rings. The summed E-state index contributed by atoms with van der Waals surface area (Å²) in [6.07, 6.45) is 0. The van der Waals surface area contributed by atoms with Crippen LogP contribution in [-0.4, -0.2) is 30.4 Å². The fraction of sp³-hybridized carbons (Fsp3) is 0.357. The normalized spacial score (nSPS) is 20.1. The van der Waals surface area contributed by atoms with Crippen molar-refractivity contribution < 1.29 is 0 Å². The summed E-state index contributed by atoms with van der Waals surface area (Å²) in [6, 6.07) is 22.4. The molecule has 2 aromatic carbocycles. The van der Waals surface area contributed by atoms with Crippen molar-refractivity contribution >= 4 is 87.2 Å². The van der Waals surface area contributed by atoms with E-state index in [-0.39, 0.29) is 0 Å². The largest absolute Gasteiger partial charge is 0.0891 e. The molecule has 0 radical (unpaired) electrons. The summed E-state index contributed by atoms with van der Waals surface area (Å²) < 4.78 is 6.50. The highest BCUT2D eigenvalue weighted by Gasteiger charge is 2.48. The van der Waals surface area contributed by atoms with E-state index in [1.807, 2.05) is 0 Å². The maximum atomic E-state index is 2.63. The number of benzene rings is 2. The Kier molecular flexibility index (Phi) is 8.42. The molecular weight excluding hydrogens is 577 g/mol. The van der Waals surface area contributed by atoms with Crippen molar-refractivity contribution in [2.24, 2.45) is 0 Å². The molecule has 0 unspecified atom stereocenters. The van der Waals surface area contributed by atoms with E-state index in [4.69, 9.17) is 0 Å². The number of thioether (sulfide) groups is 4. The molecule has 192 valence electrons. The third kappa shape index (κ3) is 5.48. The van der Waals surface area contributed by atoms with Crippen LogP contribution < -0.4 is 0 Å². The van der Waals surface area contributed by atoms with Crippen LogP contribution in [0.3, 0.4) is 0 Å². The fourth-order valence-electron chi connectivity index (χ4n) is 3.83. The van der Waals surface area contributed by atoms with Gasteiger partial charge in [-0.3, -0.25) is 0 Å². The molecular formula is C28H40S4Si4. The van der Waals surface area contributed by atoms with Crippen LogP contribution in [0.4, 0.5) is 0 Å². The molecule has 0 spiro atoms. The first kappa shape index (κ1) is 28.9. The number of rotatable bonds is 6. The lowest BCUT2D eigenvalue weighted by Gasteiger charge is -2.36. The van der Waals surface area contributed by atoms with Gasteiger partial charge in [-0.25, -0.2) is 0 Å². The van der Waals surface area contributed by atoms with Gasteiger partial charge >= 0.3 is 0 Å². The lowest BCUT2D eigenvalue weighted by Crippen LogP contribution is -2.53. The van der Waals surface area contributed by atoms with Gasteiger partial charge in [-0.05, 0) is 20.2 Å². The summed E-state index contributed by atoms with van der Waals surface area (Å²) in [4.78, 5) is 3.08. The maximum absolute atomic E-state index is 2.63. The van der Waals surface area contributed by atoms with Crippen molar-refractivity contribution in [1.29, 1.82) is 0 Å². The minimum Gasteiger partial charge on any atom is -0.0891 e.